The van der Waals surface area contributed by atoms with Crippen molar-refractivity contribution in [1.29, 1.82) is 0 Å². The van der Waals surface area contributed by atoms with Crippen LogP contribution in [0.1, 0.15) is 12.6 Å². The summed E-state index contributed by atoms with van der Waals surface area (Å²) < 4.78 is 2.09. The SMILES string of the molecule is CC1Cn2nccc2CN1C. The highest BCUT2D eigenvalue weighted by Crippen LogP contribution is 2.13. The van der Waals surface area contributed by atoms with Crippen molar-refractivity contribution < 1.29 is 0 Å². The van der Waals surface area contributed by atoms with E-state index in [2.05, 4.69) is 34.7 Å². The van der Waals surface area contributed by atoms with Crippen molar-refractivity contribution in [3.8, 4) is 0 Å². The second-order valence-electron chi connectivity index (χ2n) is 3.27. The molecule has 0 saturated heterocycles. The third kappa shape index (κ3) is 1.05. The van der Waals surface area contributed by atoms with Gasteiger partial charge in [0.1, 0.15) is 0 Å². The first kappa shape index (κ1) is 6.85. The maximum absolute atomic E-state index is 4.23. The average Bonchev–Trinajstić information content (AvgIpc) is 2.36. The van der Waals surface area contributed by atoms with Crippen molar-refractivity contribution in [2.24, 2.45) is 0 Å². The third-order valence-corrected chi connectivity index (χ3v) is 2.41. The number of hydrogen-bond acceptors (Lipinski definition) is 2. The third-order valence-electron chi connectivity index (χ3n) is 2.41. The smallest absolute Gasteiger partial charge is 0.0566 e. The van der Waals surface area contributed by atoms with E-state index in [4.69, 9.17) is 0 Å². The first-order valence-corrected chi connectivity index (χ1v) is 3.98. The molecule has 0 aliphatic carbocycles. The van der Waals surface area contributed by atoms with Crippen LogP contribution in [0.5, 0.6) is 0 Å². The first-order chi connectivity index (χ1) is 5.27. The average molecular weight is 151 g/mol. The van der Waals surface area contributed by atoms with Crippen LogP contribution in [0, 0.1) is 0 Å². The lowest BCUT2D eigenvalue weighted by atomic mass is 10.2. The van der Waals surface area contributed by atoms with Crippen molar-refractivity contribution in [3.05, 3.63) is 18.0 Å². The van der Waals surface area contributed by atoms with Gasteiger partial charge in [-0.2, -0.15) is 5.10 Å². The summed E-state index contributed by atoms with van der Waals surface area (Å²) in [5.74, 6) is 0. The quantitative estimate of drug-likeness (QED) is 0.544. The maximum Gasteiger partial charge on any atom is 0.0566 e. The van der Waals surface area contributed by atoms with Gasteiger partial charge in [-0.15, -0.1) is 0 Å². The monoisotopic (exact) mass is 151 g/mol. The highest BCUT2D eigenvalue weighted by atomic mass is 15.3. The lowest BCUT2D eigenvalue weighted by molar-refractivity contribution is 0.183. The summed E-state index contributed by atoms with van der Waals surface area (Å²) in [5, 5.41) is 4.23. The van der Waals surface area contributed by atoms with Gasteiger partial charge in [-0.25, -0.2) is 0 Å². The minimum atomic E-state index is 0.613. The molecule has 11 heavy (non-hydrogen) atoms. The zero-order valence-electron chi connectivity index (χ0n) is 6.99. The molecule has 3 nitrogen and oxygen atoms in total. The zero-order valence-corrected chi connectivity index (χ0v) is 6.99. The minimum absolute atomic E-state index is 0.613. The lowest BCUT2D eigenvalue weighted by Crippen LogP contribution is -2.38. The molecule has 0 saturated carbocycles. The molecule has 0 fully saturated rings. The molecule has 1 unspecified atom stereocenters. The minimum Gasteiger partial charge on any atom is -0.296 e. The van der Waals surface area contributed by atoms with Gasteiger partial charge in [0.25, 0.3) is 0 Å². The molecule has 1 aliphatic heterocycles. The largest absolute Gasteiger partial charge is 0.296 e. The maximum atomic E-state index is 4.23. The molecule has 3 heteroatoms. The number of hydrogen-bond donors (Lipinski definition) is 0. The standard InChI is InChI=1S/C8H13N3/c1-7-5-11-8(3-4-9-11)6-10(7)2/h3-4,7H,5-6H2,1-2H3. The van der Waals surface area contributed by atoms with Crippen LogP contribution >= 0.6 is 0 Å². The molecule has 1 atom stereocenters. The summed E-state index contributed by atoms with van der Waals surface area (Å²) in [4.78, 5) is 2.34. The molecule has 0 spiro atoms. The highest BCUT2D eigenvalue weighted by Gasteiger charge is 2.18. The van der Waals surface area contributed by atoms with Crippen LogP contribution in [-0.2, 0) is 13.1 Å². The molecular formula is C8H13N3. The second kappa shape index (κ2) is 2.34. The summed E-state index contributed by atoms with van der Waals surface area (Å²) in [5.41, 5.74) is 1.32. The zero-order chi connectivity index (χ0) is 7.84. The van der Waals surface area contributed by atoms with Gasteiger partial charge in [-0.1, -0.05) is 0 Å². The summed E-state index contributed by atoms with van der Waals surface area (Å²) in [6, 6.07) is 2.70. The number of rotatable bonds is 0. The predicted molar refractivity (Wildman–Crippen MR) is 43.2 cm³/mol. The van der Waals surface area contributed by atoms with Gasteiger partial charge in [0, 0.05) is 18.8 Å². The number of likely N-dealkylation sites (N-methyl/N-ethyl adjacent to an activating group) is 1. The lowest BCUT2D eigenvalue weighted by Gasteiger charge is -2.30. The molecule has 0 radical (unpaired) electrons. The van der Waals surface area contributed by atoms with Crippen LogP contribution in [0.4, 0.5) is 0 Å². The van der Waals surface area contributed by atoms with E-state index in [1.165, 1.54) is 5.69 Å². The Labute approximate surface area is 66.6 Å². The van der Waals surface area contributed by atoms with Gasteiger partial charge in [0.05, 0.1) is 12.2 Å². The molecule has 0 amide bonds. The van der Waals surface area contributed by atoms with E-state index in [0.29, 0.717) is 6.04 Å². The number of aromatic nitrogens is 2. The molecular weight excluding hydrogens is 138 g/mol. The van der Waals surface area contributed by atoms with Crippen LogP contribution in [-0.4, -0.2) is 27.8 Å². The molecule has 1 aromatic rings. The van der Waals surface area contributed by atoms with E-state index in [9.17, 15) is 0 Å². The molecule has 0 bridgehead atoms. The van der Waals surface area contributed by atoms with E-state index < -0.39 is 0 Å². The van der Waals surface area contributed by atoms with E-state index in [1.54, 1.807) is 0 Å². The molecule has 1 aliphatic rings. The van der Waals surface area contributed by atoms with Crippen molar-refractivity contribution >= 4 is 0 Å². The highest BCUT2D eigenvalue weighted by molar-refractivity contribution is 5.03. The van der Waals surface area contributed by atoms with E-state index in [0.717, 1.165) is 13.1 Å². The summed E-state index contributed by atoms with van der Waals surface area (Å²) in [7, 11) is 2.15. The fourth-order valence-electron chi connectivity index (χ4n) is 1.46. The van der Waals surface area contributed by atoms with Crippen molar-refractivity contribution in [3.63, 3.8) is 0 Å². The van der Waals surface area contributed by atoms with Crippen molar-refractivity contribution in [2.75, 3.05) is 7.05 Å². The van der Waals surface area contributed by atoms with E-state index in [1.807, 2.05) is 6.20 Å². The van der Waals surface area contributed by atoms with Crippen LogP contribution in [0.3, 0.4) is 0 Å². The Morgan fingerprint density at radius 2 is 2.45 bits per heavy atom. The van der Waals surface area contributed by atoms with Gasteiger partial charge in [0.2, 0.25) is 0 Å². The Morgan fingerprint density at radius 1 is 1.64 bits per heavy atom. The Balaban J connectivity index is 2.30. The Kier molecular flexibility index (Phi) is 1.46. The predicted octanol–water partition coefficient (Wildman–Crippen LogP) is 0.717. The fourth-order valence-corrected chi connectivity index (χ4v) is 1.46. The van der Waals surface area contributed by atoms with Crippen molar-refractivity contribution in [2.45, 2.75) is 26.1 Å². The number of nitrogens with zero attached hydrogens (tertiary/aromatic N) is 3. The van der Waals surface area contributed by atoms with Gasteiger partial charge < -0.3 is 0 Å². The van der Waals surface area contributed by atoms with Gasteiger partial charge >= 0.3 is 0 Å². The molecule has 1 aromatic heterocycles. The van der Waals surface area contributed by atoms with Crippen LogP contribution in [0.25, 0.3) is 0 Å². The summed E-state index contributed by atoms with van der Waals surface area (Å²) in [6.45, 7) is 4.28. The van der Waals surface area contributed by atoms with Gasteiger partial charge in [-0.3, -0.25) is 9.58 Å². The molecule has 0 aromatic carbocycles. The van der Waals surface area contributed by atoms with Crippen LogP contribution in [0.15, 0.2) is 12.3 Å². The van der Waals surface area contributed by atoms with Gasteiger partial charge in [-0.05, 0) is 20.0 Å². The van der Waals surface area contributed by atoms with Gasteiger partial charge in [0.15, 0.2) is 0 Å². The van der Waals surface area contributed by atoms with Crippen LogP contribution < -0.4 is 0 Å². The molecule has 2 heterocycles. The Morgan fingerprint density at radius 3 is 3.27 bits per heavy atom. The van der Waals surface area contributed by atoms with E-state index >= 15 is 0 Å². The molecule has 60 valence electrons. The summed E-state index contributed by atoms with van der Waals surface area (Å²) >= 11 is 0. The summed E-state index contributed by atoms with van der Waals surface area (Å²) in [6.07, 6.45) is 1.88. The number of fused-ring (bicyclic) bond motifs is 1. The molecule has 2 rings (SSSR count). The molecule has 0 N–H and O–H groups in total. The van der Waals surface area contributed by atoms with Crippen molar-refractivity contribution in [1.82, 2.24) is 14.7 Å². The Bertz CT molecular complexity index is 229. The second-order valence-corrected chi connectivity index (χ2v) is 3.27. The normalized spacial score (nSPS) is 25.1. The fraction of sp³-hybridized carbons (Fsp3) is 0.625. The first-order valence-electron chi connectivity index (χ1n) is 3.98. The van der Waals surface area contributed by atoms with E-state index in [-0.39, 0.29) is 0 Å². The topological polar surface area (TPSA) is 21.1 Å². The Hall–Kier alpha value is -0.830. The van der Waals surface area contributed by atoms with Crippen LogP contribution in [0.2, 0.25) is 0 Å².